The molecule has 136 valence electrons. The summed E-state index contributed by atoms with van der Waals surface area (Å²) in [7, 11) is 0.984. The number of benzene rings is 2. The average molecular weight is 365 g/mol. The van der Waals surface area contributed by atoms with Crippen LogP contribution >= 0.6 is 0 Å². The third-order valence-electron chi connectivity index (χ3n) is 3.85. The van der Waals surface area contributed by atoms with Crippen LogP contribution in [0.2, 0.25) is 0 Å². The Hall–Kier alpha value is -2.25. The van der Waals surface area contributed by atoms with Gasteiger partial charge >= 0.3 is 0 Å². The van der Waals surface area contributed by atoms with Crippen LogP contribution in [0, 0.1) is 13.8 Å². The molecular weight excluding hydrogens is 342 g/mol. The largest absolute Gasteiger partial charge is 0.497 e. The highest BCUT2D eigenvalue weighted by atomic mass is 32.2. The van der Waals surface area contributed by atoms with Crippen molar-refractivity contribution in [3.63, 3.8) is 0 Å². The number of ether oxygens (including phenoxy) is 3. The lowest BCUT2D eigenvalue weighted by molar-refractivity contribution is 0.354. The summed E-state index contributed by atoms with van der Waals surface area (Å²) in [5.74, 6) is 1.78. The molecule has 25 heavy (non-hydrogen) atoms. The molecule has 0 aliphatic rings. The Morgan fingerprint density at radius 1 is 0.880 bits per heavy atom. The van der Waals surface area contributed by atoms with Crippen molar-refractivity contribution in [3.05, 3.63) is 47.0 Å². The summed E-state index contributed by atoms with van der Waals surface area (Å²) < 4.78 is 43.7. The van der Waals surface area contributed by atoms with Crippen LogP contribution in [0.4, 0.5) is 0 Å². The monoisotopic (exact) mass is 365 g/mol. The molecule has 0 spiro atoms. The number of hydrogen-bond acceptors (Lipinski definition) is 5. The fourth-order valence-electron chi connectivity index (χ4n) is 2.69. The number of aryl methyl sites for hydroxylation is 2. The highest BCUT2D eigenvalue weighted by molar-refractivity contribution is 7.89. The second-order valence-electron chi connectivity index (χ2n) is 5.60. The Kier molecular flexibility index (Phi) is 5.92. The van der Waals surface area contributed by atoms with E-state index in [4.69, 9.17) is 14.2 Å². The zero-order valence-electron chi connectivity index (χ0n) is 15.0. The molecule has 0 aromatic heterocycles. The Bertz CT molecular complexity index is 839. The zero-order valence-corrected chi connectivity index (χ0v) is 15.9. The highest BCUT2D eigenvalue weighted by Gasteiger charge is 2.20. The second-order valence-corrected chi connectivity index (χ2v) is 7.31. The predicted molar refractivity (Wildman–Crippen MR) is 96.0 cm³/mol. The molecule has 0 radical (unpaired) electrons. The van der Waals surface area contributed by atoms with Crippen LogP contribution in [0.5, 0.6) is 17.2 Å². The van der Waals surface area contributed by atoms with E-state index in [1.165, 1.54) is 7.11 Å². The number of hydrogen-bond donors (Lipinski definition) is 1. The van der Waals surface area contributed by atoms with E-state index < -0.39 is 10.0 Å². The fraction of sp³-hybridized carbons (Fsp3) is 0.333. The van der Waals surface area contributed by atoms with Gasteiger partial charge in [-0.1, -0.05) is 6.07 Å². The Morgan fingerprint density at radius 2 is 1.48 bits per heavy atom. The van der Waals surface area contributed by atoms with E-state index in [-0.39, 0.29) is 11.4 Å². The molecule has 0 aliphatic carbocycles. The van der Waals surface area contributed by atoms with Crippen molar-refractivity contribution in [2.45, 2.75) is 25.3 Å². The van der Waals surface area contributed by atoms with Gasteiger partial charge in [0, 0.05) is 6.54 Å². The van der Waals surface area contributed by atoms with Crippen LogP contribution in [-0.4, -0.2) is 29.7 Å². The van der Waals surface area contributed by atoms with Crippen molar-refractivity contribution in [1.82, 2.24) is 4.72 Å². The third kappa shape index (κ3) is 4.24. The molecule has 1 N–H and O–H groups in total. The van der Waals surface area contributed by atoms with Crippen LogP contribution in [0.1, 0.15) is 16.7 Å². The van der Waals surface area contributed by atoms with Gasteiger partial charge < -0.3 is 14.2 Å². The summed E-state index contributed by atoms with van der Waals surface area (Å²) in [6.07, 6.45) is 0. The first-order valence-corrected chi connectivity index (χ1v) is 9.16. The van der Waals surface area contributed by atoms with Crippen LogP contribution in [-0.2, 0) is 16.6 Å². The lowest BCUT2D eigenvalue weighted by Crippen LogP contribution is -2.25. The Balaban J connectivity index is 2.26. The van der Waals surface area contributed by atoms with Gasteiger partial charge in [-0.25, -0.2) is 13.1 Å². The first kappa shape index (κ1) is 19.1. The molecule has 2 aromatic carbocycles. The fourth-order valence-corrected chi connectivity index (χ4v) is 4.16. The topological polar surface area (TPSA) is 73.9 Å². The van der Waals surface area contributed by atoms with Crippen molar-refractivity contribution < 1.29 is 22.6 Å². The van der Waals surface area contributed by atoms with Crippen molar-refractivity contribution in [2.24, 2.45) is 0 Å². The van der Waals surface area contributed by atoms with Gasteiger partial charge in [0.1, 0.15) is 5.75 Å². The molecule has 6 nitrogen and oxygen atoms in total. The van der Waals surface area contributed by atoms with Crippen LogP contribution < -0.4 is 18.9 Å². The summed E-state index contributed by atoms with van der Waals surface area (Å²) in [6, 6.07) is 8.69. The quantitative estimate of drug-likeness (QED) is 0.817. The van der Waals surface area contributed by atoms with E-state index in [1.807, 2.05) is 0 Å². The molecule has 0 amide bonds. The third-order valence-corrected chi connectivity index (χ3v) is 5.56. The Morgan fingerprint density at radius 3 is 2.00 bits per heavy atom. The molecule has 2 aromatic rings. The van der Waals surface area contributed by atoms with E-state index in [0.717, 1.165) is 5.56 Å². The summed E-state index contributed by atoms with van der Waals surface area (Å²) in [4.78, 5) is 0.272. The molecule has 0 atom stereocenters. The number of nitrogens with one attached hydrogen (secondary N) is 1. The first-order valence-electron chi connectivity index (χ1n) is 7.68. The van der Waals surface area contributed by atoms with Gasteiger partial charge in [-0.15, -0.1) is 0 Å². The maximum absolute atomic E-state index is 12.7. The molecule has 0 saturated heterocycles. The van der Waals surface area contributed by atoms with E-state index in [0.29, 0.717) is 28.4 Å². The molecule has 7 heteroatoms. The minimum absolute atomic E-state index is 0.146. The summed E-state index contributed by atoms with van der Waals surface area (Å²) >= 11 is 0. The van der Waals surface area contributed by atoms with Crippen LogP contribution in [0.3, 0.4) is 0 Å². The second kappa shape index (κ2) is 7.76. The Labute approximate surface area is 148 Å². The standard InChI is InChI=1S/C18H23NO5S/c1-12-8-15(22-3)9-13(2)18(12)25(20,21)19-11-14-6-7-16(23-4)17(10-14)24-5/h6-10,19H,11H2,1-5H3. The lowest BCUT2D eigenvalue weighted by atomic mass is 10.1. The van der Waals surface area contributed by atoms with Gasteiger partial charge in [0.25, 0.3) is 0 Å². The van der Waals surface area contributed by atoms with E-state index in [2.05, 4.69) is 4.72 Å². The molecule has 0 unspecified atom stereocenters. The average Bonchev–Trinajstić information content (AvgIpc) is 2.58. The molecule has 2 rings (SSSR count). The van der Waals surface area contributed by atoms with Gasteiger partial charge in [-0.2, -0.15) is 0 Å². The van der Waals surface area contributed by atoms with Gasteiger partial charge in [0.05, 0.1) is 26.2 Å². The summed E-state index contributed by atoms with van der Waals surface area (Å²) in [5.41, 5.74) is 2.04. The van der Waals surface area contributed by atoms with E-state index in [9.17, 15) is 8.42 Å². The van der Waals surface area contributed by atoms with Crippen LogP contribution in [0.15, 0.2) is 35.2 Å². The highest BCUT2D eigenvalue weighted by Crippen LogP contribution is 2.28. The van der Waals surface area contributed by atoms with Crippen molar-refractivity contribution in [2.75, 3.05) is 21.3 Å². The molecule has 0 bridgehead atoms. The van der Waals surface area contributed by atoms with Crippen molar-refractivity contribution >= 4 is 10.0 Å². The van der Waals surface area contributed by atoms with Gasteiger partial charge in [0.15, 0.2) is 11.5 Å². The SMILES string of the molecule is COc1cc(C)c(S(=O)(=O)NCc2ccc(OC)c(OC)c2)c(C)c1. The summed E-state index contributed by atoms with van der Waals surface area (Å²) in [6.45, 7) is 3.65. The zero-order chi connectivity index (χ0) is 18.6. The summed E-state index contributed by atoms with van der Waals surface area (Å²) in [5, 5.41) is 0. The van der Waals surface area contributed by atoms with E-state index in [1.54, 1.807) is 58.4 Å². The number of rotatable bonds is 7. The maximum atomic E-state index is 12.7. The van der Waals surface area contributed by atoms with Gasteiger partial charge in [0.2, 0.25) is 10.0 Å². The normalized spacial score (nSPS) is 11.2. The molecule has 0 saturated carbocycles. The van der Waals surface area contributed by atoms with Crippen molar-refractivity contribution in [3.8, 4) is 17.2 Å². The number of methoxy groups -OCH3 is 3. The maximum Gasteiger partial charge on any atom is 0.241 e. The van der Waals surface area contributed by atoms with Crippen molar-refractivity contribution in [1.29, 1.82) is 0 Å². The minimum Gasteiger partial charge on any atom is -0.497 e. The van der Waals surface area contributed by atoms with Gasteiger partial charge in [-0.05, 0) is 54.8 Å². The predicted octanol–water partition coefficient (Wildman–Crippen LogP) is 2.81. The minimum atomic E-state index is -3.66. The molecule has 0 aliphatic heterocycles. The smallest absolute Gasteiger partial charge is 0.241 e. The van der Waals surface area contributed by atoms with E-state index >= 15 is 0 Å². The molecule has 0 fully saturated rings. The first-order chi connectivity index (χ1) is 11.8. The molecule has 0 heterocycles. The number of sulfonamides is 1. The van der Waals surface area contributed by atoms with Gasteiger partial charge in [-0.3, -0.25) is 0 Å². The molecular formula is C18H23NO5S. The lowest BCUT2D eigenvalue weighted by Gasteiger charge is -2.14. The van der Waals surface area contributed by atoms with Crippen LogP contribution in [0.25, 0.3) is 0 Å².